The van der Waals surface area contributed by atoms with Crippen molar-refractivity contribution in [3.8, 4) is 11.5 Å². The summed E-state index contributed by atoms with van der Waals surface area (Å²) in [6, 6.07) is 20.6. The molecule has 1 aromatic heterocycles. The van der Waals surface area contributed by atoms with E-state index in [4.69, 9.17) is 4.42 Å². The van der Waals surface area contributed by atoms with Crippen LogP contribution in [0, 0.1) is 0 Å². The van der Waals surface area contributed by atoms with Crippen LogP contribution >= 0.6 is 0 Å². The van der Waals surface area contributed by atoms with Crippen LogP contribution in [0.1, 0.15) is 11.3 Å². The fourth-order valence-electron chi connectivity index (χ4n) is 3.56. The highest BCUT2D eigenvalue weighted by atomic mass is 16.3. The minimum absolute atomic E-state index is 0.591. The van der Waals surface area contributed by atoms with Crippen molar-refractivity contribution in [1.82, 2.24) is 20.1 Å². The van der Waals surface area contributed by atoms with Crippen LogP contribution in [0.15, 0.2) is 76.3 Å². The molecule has 29 heavy (non-hydrogen) atoms. The lowest BCUT2D eigenvalue weighted by Gasteiger charge is -2.36. The van der Waals surface area contributed by atoms with Gasteiger partial charge in [0.2, 0.25) is 5.89 Å². The number of nitrogens with zero attached hydrogens (tertiary/aromatic N) is 4. The first-order valence-electron chi connectivity index (χ1n) is 10.0. The van der Waals surface area contributed by atoms with Gasteiger partial charge in [-0.3, -0.25) is 9.89 Å². The van der Waals surface area contributed by atoms with Gasteiger partial charge in [-0.1, -0.05) is 48.5 Å². The van der Waals surface area contributed by atoms with Crippen LogP contribution in [0.5, 0.6) is 0 Å². The molecule has 4 rings (SSSR count). The summed E-state index contributed by atoms with van der Waals surface area (Å²) >= 11 is 0. The minimum atomic E-state index is 0.591. The highest BCUT2D eigenvalue weighted by Gasteiger charge is 2.19. The lowest BCUT2D eigenvalue weighted by molar-refractivity contribution is 0.172. The van der Waals surface area contributed by atoms with Crippen molar-refractivity contribution in [1.29, 1.82) is 0 Å². The molecule has 0 aliphatic carbocycles. The maximum Gasteiger partial charge on any atom is 0.226 e. The molecule has 0 radical (unpaired) electrons. The smallest absolute Gasteiger partial charge is 0.226 e. The van der Waals surface area contributed by atoms with Crippen LogP contribution in [0.4, 0.5) is 0 Å². The van der Waals surface area contributed by atoms with Crippen molar-refractivity contribution in [2.75, 3.05) is 33.2 Å². The summed E-state index contributed by atoms with van der Waals surface area (Å²) in [7, 11) is 1.83. The van der Waals surface area contributed by atoms with E-state index in [1.165, 1.54) is 5.56 Å². The quantitative estimate of drug-likeness (QED) is 0.536. The first kappa shape index (κ1) is 19.2. The van der Waals surface area contributed by atoms with E-state index in [0.29, 0.717) is 12.4 Å². The monoisotopic (exact) mass is 389 g/mol. The zero-order chi connectivity index (χ0) is 19.9. The lowest BCUT2D eigenvalue weighted by Crippen LogP contribution is -2.52. The predicted molar refractivity (Wildman–Crippen MR) is 115 cm³/mol. The van der Waals surface area contributed by atoms with E-state index < -0.39 is 0 Å². The zero-order valence-electron chi connectivity index (χ0n) is 16.8. The highest BCUT2D eigenvalue weighted by molar-refractivity contribution is 5.80. The zero-order valence-corrected chi connectivity index (χ0v) is 16.8. The maximum absolute atomic E-state index is 5.62. The number of oxazole rings is 1. The topological polar surface area (TPSA) is 56.9 Å². The molecule has 2 heterocycles. The SMILES string of the molecule is CN=C(NCc1coc(-c2ccccc2)n1)N1CCN(Cc2ccccc2)CC1. The number of aromatic nitrogens is 1. The Morgan fingerprint density at radius 1 is 1.00 bits per heavy atom. The second-order valence-corrected chi connectivity index (χ2v) is 7.16. The number of piperazine rings is 1. The van der Waals surface area contributed by atoms with E-state index in [0.717, 1.165) is 49.9 Å². The van der Waals surface area contributed by atoms with Crippen LogP contribution in [-0.4, -0.2) is 54.0 Å². The molecule has 1 saturated heterocycles. The number of nitrogens with one attached hydrogen (secondary N) is 1. The molecule has 150 valence electrons. The molecular formula is C23H27N5O. The maximum atomic E-state index is 5.62. The second-order valence-electron chi connectivity index (χ2n) is 7.16. The summed E-state index contributed by atoms with van der Waals surface area (Å²) < 4.78 is 5.62. The average molecular weight is 390 g/mol. The van der Waals surface area contributed by atoms with Gasteiger partial charge < -0.3 is 14.6 Å². The standard InChI is InChI=1S/C23H27N5O/c1-24-23(25-16-21-18-29-22(26-21)20-10-6-3-7-11-20)28-14-12-27(13-15-28)17-19-8-4-2-5-9-19/h2-11,18H,12-17H2,1H3,(H,24,25). The van der Waals surface area contributed by atoms with Gasteiger partial charge >= 0.3 is 0 Å². The van der Waals surface area contributed by atoms with Crippen LogP contribution in [0.3, 0.4) is 0 Å². The van der Waals surface area contributed by atoms with Gasteiger partial charge in [-0.25, -0.2) is 4.98 Å². The van der Waals surface area contributed by atoms with Gasteiger partial charge in [-0.15, -0.1) is 0 Å². The number of benzene rings is 2. The number of guanidine groups is 1. The Balaban J connectivity index is 1.28. The fourth-order valence-corrected chi connectivity index (χ4v) is 3.56. The van der Waals surface area contributed by atoms with Crippen molar-refractivity contribution in [2.24, 2.45) is 4.99 Å². The van der Waals surface area contributed by atoms with Crippen molar-refractivity contribution < 1.29 is 4.42 Å². The molecule has 1 fully saturated rings. The molecule has 1 aliphatic heterocycles. The second kappa shape index (κ2) is 9.39. The third-order valence-electron chi connectivity index (χ3n) is 5.13. The van der Waals surface area contributed by atoms with Gasteiger partial charge in [0.25, 0.3) is 0 Å². The predicted octanol–water partition coefficient (Wildman–Crippen LogP) is 3.23. The van der Waals surface area contributed by atoms with Crippen LogP contribution in [0.2, 0.25) is 0 Å². The Kier molecular flexibility index (Phi) is 6.22. The third kappa shape index (κ3) is 5.03. The first-order chi connectivity index (χ1) is 14.3. The fraction of sp³-hybridized carbons (Fsp3) is 0.304. The highest BCUT2D eigenvalue weighted by Crippen LogP contribution is 2.17. The Hall–Kier alpha value is -3.12. The van der Waals surface area contributed by atoms with E-state index in [9.17, 15) is 0 Å². The summed E-state index contributed by atoms with van der Waals surface area (Å²) in [5.41, 5.74) is 3.22. The summed E-state index contributed by atoms with van der Waals surface area (Å²) in [5.74, 6) is 1.56. The average Bonchev–Trinajstić information content (AvgIpc) is 3.26. The molecule has 2 aromatic carbocycles. The van der Waals surface area contributed by atoms with Gasteiger partial charge in [0.1, 0.15) is 6.26 Å². The molecule has 1 N–H and O–H groups in total. The van der Waals surface area contributed by atoms with E-state index >= 15 is 0 Å². The largest absolute Gasteiger partial charge is 0.444 e. The van der Waals surface area contributed by atoms with Crippen molar-refractivity contribution >= 4 is 5.96 Å². The molecule has 6 heteroatoms. The molecule has 6 nitrogen and oxygen atoms in total. The Labute approximate surface area is 171 Å². The van der Waals surface area contributed by atoms with Crippen molar-refractivity contribution in [3.05, 3.63) is 78.2 Å². The molecule has 0 saturated carbocycles. The van der Waals surface area contributed by atoms with E-state index in [1.54, 1.807) is 6.26 Å². The third-order valence-corrected chi connectivity index (χ3v) is 5.13. The normalized spacial score (nSPS) is 15.5. The molecule has 0 spiro atoms. The van der Waals surface area contributed by atoms with Gasteiger partial charge in [0.15, 0.2) is 5.96 Å². The van der Waals surface area contributed by atoms with Gasteiger partial charge in [0, 0.05) is 45.3 Å². The molecule has 0 amide bonds. The van der Waals surface area contributed by atoms with Gasteiger partial charge in [-0.05, 0) is 17.7 Å². The van der Waals surface area contributed by atoms with E-state index in [2.05, 4.69) is 55.4 Å². The minimum Gasteiger partial charge on any atom is -0.444 e. The summed E-state index contributed by atoms with van der Waals surface area (Å²) in [6.07, 6.45) is 1.71. The van der Waals surface area contributed by atoms with Gasteiger partial charge in [-0.2, -0.15) is 0 Å². The number of hydrogen-bond acceptors (Lipinski definition) is 4. The Morgan fingerprint density at radius 2 is 1.69 bits per heavy atom. The van der Waals surface area contributed by atoms with Crippen LogP contribution in [0.25, 0.3) is 11.5 Å². The Morgan fingerprint density at radius 3 is 2.38 bits per heavy atom. The van der Waals surface area contributed by atoms with E-state index in [-0.39, 0.29) is 0 Å². The summed E-state index contributed by atoms with van der Waals surface area (Å²) in [4.78, 5) is 13.8. The van der Waals surface area contributed by atoms with Crippen molar-refractivity contribution in [3.63, 3.8) is 0 Å². The summed E-state index contributed by atoms with van der Waals surface area (Å²) in [5, 5.41) is 3.42. The Bertz CT molecular complexity index is 915. The summed E-state index contributed by atoms with van der Waals surface area (Å²) in [6.45, 7) is 5.56. The molecule has 0 bridgehead atoms. The van der Waals surface area contributed by atoms with Gasteiger partial charge in [0.05, 0.1) is 12.2 Å². The number of hydrogen-bond donors (Lipinski definition) is 1. The lowest BCUT2D eigenvalue weighted by atomic mass is 10.2. The molecule has 3 aromatic rings. The molecule has 1 aliphatic rings. The molecule has 0 atom stereocenters. The van der Waals surface area contributed by atoms with Crippen molar-refractivity contribution in [2.45, 2.75) is 13.1 Å². The molecular weight excluding hydrogens is 362 g/mol. The number of rotatable bonds is 5. The first-order valence-corrected chi connectivity index (χ1v) is 10.0. The van der Waals surface area contributed by atoms with E-state index in [1.807, 2.05) is 37.4 Å². The number of aliphatic imine (C=N–C) groups is 1. The van der Waals surface area contributed by atoms with Crippen LogP contribution in [-0.2, 0) is 13.1 Å². The van der Waals surface area contributed by atoms with Crippen LogP contribution < -0.4 is 5.32 Å². The molecule has 0 unspecified atom stereocenters.